The molecule has 0 amide bonds. The smallest absolute Gasteiger partial charge is 0.164 e. The van der Waals surface area contributed by atoms with Crippen LogP contribution in [0.1, 0.15) is 0 Å². The van der Waals surface area contributed by atoms with Crippen LogP contribution in [0.4, 0.5) is 0 Å². The van der Waals surface area contributed by atoms with Gasteiger partial charge in [-0.15, -0.1) is 0 Å². The fourth-order valence-corrected chi connectivity index (χ4v) is 7.91. The molecule has 0 unspecified atom stereocenters. The van der Waals surface area contributed by atoms with E-state index in [2.05, 4.69) is 126 Å². The van der Waals surface area contributed by atoms with E-state index in [9.17, 15) is 0 Å². The van der Waals surface area contributed by atoms with Crippen LogP contribution in [0.5, 0.6) is 0 Å². The molecule has 11 aromatic rings. The van der Waals surface area contributed by atoms with Gasteiger partial charge in [-0.05, 0) is 64.7 Å². The van der Waals surface area contributed by atoms with E-state index in [0.29, 0.717) is 17.5 Å². The number of rotatable bonds is 6. The molecule has 0 aliphatic carbocycles. The van der Waals surface area contributed by atoms with Gasteiger partial charge in [0.15, 0.2) is 17.5 Å². The Hall–Kier alpha value is -7.63. The molecule has 0 saturated carbocycles. The number of fused-ring (bicyclic) bond motifs is 6. The van der Waals surface area contributed by atoms with Gasteiger partial charge < -0.3 is 8.98 Å². The summed E-state index contributed by atoms with van der Waals surface area (Å²) < 4.78 is 8.64. The molecule has 8 aromatic carbocycles. The molecule has 0 spiro atoms. The predicted octanol–water partition coefficient (Wildman–Crippen LogP) is 13.2. The van der Waals surface area contributed by atoms with Crippen LogP contribution in [0, 0.1) is 0 Å². The van der Waals surface area contributed by atoms with Crippen LogP contribution in [0.15, 0.2) is 199 Å². The van der Waals surface area contributed by atoms with E-state index in [1.807, 2.05) is 72.8 Å². The largest absolute Gasteiger partial charge is 0.456 e. The lowest BCUT2D eigenvalue weighted by Crippen LogP contribution is -2.00. The Morgan fingerprint density at radius 3 is 1.50 bits per heavy atom. The maximum atomic E-state index is 6.26. The minimum absolute atomic E-state index is 0.638. The van der Waals surface area contributed by atoms with Gasteiger partial charge in [0, 0.05) is 43.9 Å². The zero-order chi connectivity index (χ0) is 37.0. The van der Waals surface area contributed by atoms with Crippen molar-refractivity contribution in [3.05, 3.63) is 194 Å². The molecule has 0 fully saturated rings. The topological polar surface area (TPSA) is 56.7 Å². The summed E-state index contributed by atoms with van der Waals surface area (Å²) >= 11 is 0. The fraction of sp³-hybridized carbons (Fsp3) is 0. The van der Waals surface area contributed by atoms with E-state index in [1.165, 1.54) is 10.8 Å². The first-order valence-electron chi connectivity index (χ1n) is 18.8. The summed E-state index contributed by atoms with van der Waals surface area (Å²) in [4.78, 5) is 14.7. The Bertz CT molecular complexity index is 3180. The van der Waals surface area contributed by atoms with E-state index in [4.69, 9.17) is 19.4 Å². The maximum absolute atomic E-state index is 6.26. The number of nitrogens with zero attached hydrogens (tertiary/aromatic N) is 4. The molecule has 5 heteroatoms. The van der Waals surface area contributed by atoms with Gasteiger partial charge in [0.25, 0.3) is 0 Å². The molecule has 0 atom stereocenters. The lowest BCUT2D eigenvalue weighted by molar-refractivity contribution is 0.669. The lowest BCUT2D eigenvalue weighted by atomic mass is 10.0. The second-order valence-electron chi connectivity index (χ2n) is 14.1. The molecular formula is C51H32N4O. The fourth-order valence-electron chi connectivity index (χ4n) is 7.91. The summed E-state index contributed by atoms with van der Waals surface area (Å²) in [6.07, 6.45) is 0. The third kappa shape index (κ3) is 5.45. The van der Waals surface area contributed by atoms with Crippen LogP contribution in [-0.2, 0) is 0 Å². The van der Waals surface area contributed by atoms with Crippen LogP contribution < -0.4 is 0 Å². The lowest BCUT2D eigenvalue weighted by Gasteiger charge is -2.12. The molecule has 0 saturated heterocycles. The third-order valence-electron chi connectivity index (χ3n) is 10.7. The van der Waals surface area contributed by atoms with E-state index in [-0.39, 0.29) is 0 Å². The number of aromatic nitrogens is 4. The minimum atomic E-state index is 0.638. The van der Waals surface area contributed by atoms with Crippen molar-refractivity contribution in [2.75, 3.05) is 0 Å². The predicted molar refractivity (Wildman–Crippen MR) is 229 cm³/mol. The molecule has 5 nitrogen and oxygen atoms in total. The molecule has 262 valence electrons. The van der Waals surface area contributed by atoms with Crippen LogP contribution in [0.25, 0.3) is 106 Å². The Balaban J connectivity index is 0.983. The van der Waals surface area contributed by atoms with Crippen molar-refractivity contribution in [1.82, 2.24) is 19.5 Å². The first kappa shape index (κ1) is 31.9. The average Bonchev–Trinajstić information content (AvgIpc) is 3.82. The number of hydrogen-bond acceptors (Lipinski definition) is 4. The van der Waals surface area contributed by atoms with Crippen molar-refractivity contribution in [2.24, 2.45) is 0 Å². The number of hydrogen-bond donors (Lipinski definition) is 0. The number of para-hydroxylation sites is 2. The quantitative estimate of drug-likeness (QED) is 0.172. The second kappa shape index (κ2) is 13.0. The summed E-state index contributed by atoms with van der Waals surface area (Å²) in [5, 5.41) is 4.70. The molecule has 0 aliphatic heterocycles. The molecule has 11 rings (SSSR count). The number of benzene rings is 8. The molecule has 56 heavy (non-hydrogen) atoms. The summed E-state index contributed by atoms with van der Waals surface area (Å²) in [5.74, 6) is 1.94. The molecular weight excluding hydrogens is 685 g/mol. The highest BCUT2D eigenvalue weighted by Gasteiger charge is 2.16. The average molecular weight is 717 g/mol. The first-order chi connectivity index (χ1) is 27.7. The van der Waals surface area contributed by atoms with Crippen molar-refractivity contribution < 1.29 is 4.42 Å². The van der Waals surface area contributed by atoms with Gasteiger partial charge in [-0.3, -0.25) is 0 Å². The van der Waals surface area contributed by atoms with Crippen LogP contribution in [0.2, 0.25) is 0 Å². The molecule has 0 aliphatic rings. The van der Waals surface area contributed by atoms with Crippen molar-refractivity contribution in [3.8, 4) is 62.1 Å². The summed E-state index contributed by atoms with van der Waals surface area (Å²) in [6, 6.07) is 67.6. The van der Waals surface area contributed by atoms with Crippen LogP contribution >= 0.6 is 0 Å². The van der Waals surface area contributed by atoms with Gasteiger partial charge in [-0.25, -0.2) is 15.0 Å². The normalized spacial score (nSPS) is 11.6. The molecule has 0 radical (unpaired) electrons. The van der Waals surface area contributed by atoms with Gasteiger partial charge in [-0.2, -0.15) is 0 Å². The van der Waals surface area contributed by atoms with Gasteiger partial charge in [0.2, 0.25) is 0 Å². The Morgan fingerprint density at radius 2 is 0.786 bits per heavy atom. The molecule has 0 N–H and O–H groups in total. The summed E-state index contributed by atoms with van der Waals surface area (Å²) in [5.41, 5.74) is 12.5. The first-order valence-corrected chi connectivity index (χ1v) is 18.8. The van der Waals surface area contributed by atoms with E-state index >= 15 is 0 Å². The zero-order valence-corrected chi connectivity index (χ0v) is 30.2. The standard InChI is InChI=1S/C51H32N4O/c1-3-12-34(13-4-1)49-52-50(35-14-5-2-6-15-35)54-51(53-49)36-24-22-33(23-25-36)37-16-11-17-40(30-37)55-45-20-9-7-18-41(45)42-28-26-38(31-46(42)55)39-27-29-44-43-19-8-10-21-47(43)56-48(44)32-39/h1-32H. The van der Waals surface area contributed by atoms with E-state index in [1.54, 1.807) is 0 Å². The Kier molecular flexibility index (Phi) is 7.42. The summed E-state index contributed by atoms with van der Waals surface area (Å²) in [6.45, 7) is 0. The highest BCUT2D eigenvalue weighted by molar-refractivity contribution is 6.11. The van der Waals surface area contributed by atoms with Crippen molar-refractivity contribution in [3.63, 3.8) is 0 Å². The summed E-state index contributed by atoms with van der Waals surface area (Å²) in [7, 11) is 0. The van der Waals surface area contributed by atoms with Crippen LogP contribution in [-0.4, -0.2) is 19.5 Å². The molecule has 3 heterocycles. The number of furan rings is 1. The van der Waals surface area contributed by atoms with Crippen molar-refractivity contribution in [2.45, 2.75) is 0 Å². The Labute approximate surface area is 322 Å². The monoisotopic (exact) mass is 716 g/mol. The van der Waals surface area contributed by atoms with Gasteiger partial charge in [0.05, 0.1) is 11.0 Å². The van der Waals surface area contributed by atoms with Crippen LogP contribution in [0.3, 0.4) is 0 Å². The van der Waals surface area contributed by atoms with Gasteiger partial charge in [0.1, 0.15) is 11.2 Å². The van der Waals surface area contributed by atoms with Crippen molar-refractivity contribution >= 4 is 43.7 Å². The van der Waals surface area contributed by atoms with E-state index < -0.39 is 0 Å². The molecule has 0 bridgehead atoms. The van der Waals surface area contributed by atoms with Gasteiger partial charge >= 0.3 is 0 Å². The van der Waals surface area contributed by atoms with Crippen molar-refractivity contribution in [1.29, 1.82) is 0 Å². The third-order valence-corrected chi connectivity index (χ3v) is 10.7. The Morgan fingerprint density at radius 1 is 0.304 bits per heavy atom. The second-order valence-corrected chi connectivity index (χ2v) is 14.1. The highest BCUT2D eigenvalue weighted by Crippen LogP contribution is 2.38. The van der Waals surface area contributed by atoms with E-state index in [0.717, 1.165) is 77.6 Å². The highest BCUT2D eigenvalue weighted by atomic mass is 16.3. The molecule has 3 aromatic heterocycles. The maximum Gasteiger partial charge on any atom is 0.164 e. The zero-order valence-electron chi connectivity index (χ0n) is 30.2. The minimum Gasteiger partial charge on any atom is -0.456 e. The van der Waals surface area contributed by atoms with Gasteiger partial charge in [-0.1, -0.05) is 152 Å². The SMILES string of the molecule is c1ccc(-c2nc(-c3ccccc3)nc(-c3ccc(-c4cccc(-n5c6ccccc6c6ccc(-c7ccc8c(c7)oc7ccccc78)cc65)c4)cc3)n2)cc1.